The van der Waals surface area contributed by atoms with Crippen molar-refractivity contribution in [3.05, 3.63) is 29.8 Å². The molecule has 0 aliphatic rings. The largest absolute Gasteiger partial charge is 0.380 e. The van der Waals surface area contributed by atoms with Crippen LogP contribution in [0, 0.1) is 0 Å². The van der Waals surface area contributed by atoms with Crippen LogP contribution >= 0.6 is 0 Å². The standard InChI is InChI=1S/C7H11N3O5S2/c8-7(16(9,11)12)5-1-3-6(4-2-5)15-17(10,13)14/h1-4,7H,8H2,(H2,9,11,12)(H2,10,13,14). The molecule has 17 heavy (non-hydrogen) atoms. The Morgan fingerprint density at radius 2 is 1.47 bits per heavy atom. The Morgan fingerprint density at radius 1 is 1.00 bits per heavy atom. The van der Waals surface area contributed by atoms with Gasteiger partial charge in [0.05, 0.1) is 0 Å². The maximum atomic E-state index is 11.0. The third-order valence-corrected chi connectivity index (χ3v) is 3.18. The predicted molar refractivity (Wildman–Crippen MR) is 60.2 cm³/mol. The molecule has 96 valence electrons. The van der Waals surface area contributed by atoms with Crippen LogP contribution in [0.25, 0.3) is 0 Å². The number of sulfonamides is 1. The second-order valence-electron chi connectivity index (χ2n) is 3.15. The summed E-state index contributed by atoms with van der Waals surface area (Å²) in [6.45, 7) is 0. The molecule has 0 bridgehead atoms. The summed E-state index contributed by atoms with van der Waals surface area (Å²) >= 11 is 0. The van der Waals surface area contributed by atoms with Gasteiger partial charge < -0.3 is 9.92 Å². The highest BCUT2D eigenvalue weighted by Crippen LogP contribution is 2.19. The quantitative estimate of drug-likeness (QED) is 0.610. The van der Waals surface area contributed by atoms with E-state index in [0.29, 0.717) is 0 Å². The Bertz CT molecular complexity index is 593. The summed E-state index contributed by atoms with van der Waals surface area (Å²) in [4.78, 5) is 0. The maximum absolute atomic E-state index is 11.0. The minimum Gasteiger partial charge on any atom is -0.371 e. The van der Waals surface area contributed by atoms with E-state index in [1.165, 1.54) is 24.3 Å². The first kappa shape index (κ1) is 13.9. The number of nitrogens with two attached hydrogens (primary N) is 3. The summed E-state index contributed by atoms with van der Waals surface area (Å²) in [6, 6.07) is 4.97. The molecule has 1 rings (SSSR count). The number of primary sulfonamides is 1. The van der Waals surface area contributed by atoms with Crippen LogP contribution in [0.3, 0.4) is 0 Å². The van der Waals surface area contributed by atoms with Crippen molar-refractivity contribution in [1.82, 2.24) is 0 Å². The molecule has 1 aromatic rings. The predicted octanol–water partition coefficient (Wildman–Crippen LogP) is -1.49. The van der Waals surface area contributed by atoms with Gasteiger partial charge in [-0.15, -0.1) is 0 Å². The third kappa shape index (κ3) is 4.28. The van der Waals surface area contributed by atoms with Gasteiger partial charge in [0.1, 0.15) is 11.1 Å². The zero-order chi connectivity index (χ0) is 13.3. The van der Waals surface area contributed by atoms with Crippen molar-refractivity contribution < 1.29 is 21.0 Å². The lowest BCUT2D eigenvalue weighted by atomic mass is 10.2. The number of hydrogen-bond donors (Lipinski definition) is 3. The monoisotopic (exact) mass is 281 g/mol. The lowest BCUT2D eigenvalue weighted by Gasteiger charge is -2.09. The van der Waals surface area contributed by atoms with Crippen LogP contribution in [0.4, 0.5) is 0 Å². The van der Waals surface area contributed by atoms with Crippen LogP contribution in [0.15, 0.2) is 24.3 Å². The molecule has 0 amide bonds. The van der Waals surface area contributed by atoms with Crippen molar-refractivity contribution in [2.45, 2.75) is 5.37 Å². The molecule has 10 heteroatoms. The van der Waals surface area contributed by atoms with E-state index in [9.17, 15) is 16.8 Å². The van der Waals surface area contributed by atoms with E-state index in [1.807, 2.05) is 0 Å². The molecule has 0 saturated carbocycles. The summed E-state index contributed by atoms with van der Waals surface area (Å²) in [7, 11) is -8.02. The molecule has 1 unspecified atom stereocenters. The third-order valence-electron chi connectivity index (χ3n) is 1.77. The van der Waals surface area contributed by atoms with Crippen molar-refractivity contribution in [1.29, 1.82) is 0 Å². The highest BCUT2D eigenvalue weighted by Gasteiger charge is 2.18. The lowest BCUT2D eigenvalue weighted by Crippen LogP contribution is -2.28. The van der Waals surface area contributed by atoms with Gasteiger partial charge in [-0.25, -0.2) is 13.6 Å². The second-order valence-corrected chi connectivity index (χ2v) is 5.99. The van der Waals surface area contributed by atoms with E-state index in [1.54, 1.807) is 0 Å². The number of benzene rings is 1. The fourth-order valence-electron chi connectivity index (χ4n) is 1.04. The van der Waals surface area contributed by atoms with Crippen molar-refractivity contribution in [2.24, 2.45) is 16.0 Å². The highest BCUT2D eigenvalue weighted by atomic mass is 32.2. The summed E-state index contributed by atoms with van der Waals surface area (Å²) in [5.74, 6) is -0.0575. The Balaban J connectivity index is 2.97. The molecule has 0 fully saturated rings. The van der Waals surface area contributed by atoms with Gasteiger partial charge in [0, 0.05) is 0 Å². The van der Waals surface area contributed by atoms with E-state index >= 15 is 0 Å². The van der Waals surface area contributed by atoms with Gasteiger partial charge in [-0.2, -0.15) is 13.6 Å². The Labute approximate surface area is 98.7 Å². The topological polar surface area (TPSA) is 156 Å². The molecular weight excluding hydrogens is 270 g/mol. The van der Waals surface area contributed by atoms with Gasteiger partial charge in [-0.3, -0.25) is 0 Å². The first-order chi connectivity index (χ1) is 7.59. The first-order valence-electron chi connectivity index (χ1n) is 4.19. The molecule has 0 radical (unpaired) electrons. The molecule has 0 spiro atoms. The molecule has 8 nitrogen and oxygen atoms in total. The van der Waals surface area contributed by atoms with E-state index in [0.717, 1.165) is 0 Å². The number of hydrogen-bond acceptors (Lipinski definition) is 6. The van der Waals surface area contributed by atoms with Crippen LogP contribution in [0.1, 0.15) is 10.9 Å². The zero-order valence-electron chi connectivity index (χ0n) is 8.48. The van der Waals surface area contributed by atoms with E-state index in [2.05, 4.69) is 9.32 Å². The Hall–Kier alpha value is -1.20. The van der Waals surface area contributed by atoms with Crippen LogP contribution < -0.4 is 20.2 Å². The van der Waals surface area contributed by atoms with Gasteiger partial charge in [0.15, 0.2) is 0 Å². The van der Waals surface area contributed by atoms with Gasteiger partial charge in [0.25, 0.3) is 0 Å². The smallest absolute Gasteiger partial charge is 0.371 e. The van der Waals surface area contributed by atoms with E-state index in [-0.39, 0.29) is 11.3 Å². The summed E-state index contributed by atoms with van der Waals surface area (Å²) in [6.07, 6.45) is 0. The van der Waals surface area contributed by atoms with E-state index < -0.39 is 25.7 Å². The minimum absolute atomic E-state index is 0.0575. The minimum atomic E-state index is -4.11. The van der Waals surface area contributed by atoms with Crippen molar-refractivity contribution in [3.8, 4) is 5.75 Å². The van der Waals surface area contributed by atoms with Crippen molar-refractivity contribution >= 4 is 20.3 Å². The summed E-state index contributed by atoms with van der Waals surface area (Å²) < 4.78 is 47.4. The van der Waals surface area contributed by atoms with Crippen LogP contribution in [-0.2, 0) is 20.3 Å². The zero-order valence-corrected chi connectivity index (χ0v) is 10.1. The van der Waals surface area contributed by atoms with Crippen molar-refractivity contribution in [3.63, 3.8) is 0 Å². The Morgan fingerprint density at radius 3 is 1.82 bits per heavy atom. The van der Waals surface area contributed by atoms with Crippen LogP contribution in [0.5, 0.6) is 5.75 Å². The Kier molecular flexibility index (Phi) is 3.74. The fourth-order valence-corrected chi connectivity index (χ4v) is 1.95. The lowest BCUT2D eigenvalue weighted by molar-refractivity contribution is 0.487. The molecule has 0 aromatic heterocycles. The molecule has 0 heterocycles. The average molecular weight is 281 g/mol. The van der Waals surface area contributed by atoms with Crippen LogP contribution in [0.2, 0.25) is 0 Å². The number of rotatable bonds is 4. The normalized spacial score (nSPS) is 14.3. The molecular formula is C7H11N3O5S2. The van der Waals surface area contributed by atoms with Gasteiger partial charge in [-0.1, -0.05) is 12.1 Å². The average Bonchev–Trinajstić information content (AvgIpc) is 2.14. The highest BCUT2D eigenvalue weighted by molar-refractivity contribution is 7.89. The van der Waals surface area contributed by atoms with Gasteiger partial charge >= 0.3 is 10.3 Å². The summed E-state index contributed by atoms with van der Waals surface area (Å²) in [5.41, 5.74) is 5.56. The van der Waals surface area contributed by atoms with Gasteiger partial charge in [0.2, 0.25) is 10.0 Å². The molecule has 0 saturated heterocycles. The first-order valence-corrected chi connectivity index (χ1v) is 7.27. The van der Waals surface area contributed by atoms with Gasteiger partial charge in [-0.05, 0) is 17.7 Å². The fraction of sp³-hybridized carbons (Fsp3) is 0.143. The molecule has 6 N–H and O–H groups in total. The molecule has 0 aliphatic heterocycles. The maximum Gasteiger partial charge on any atom is 0.380 e. The molecule has 0 aliphatic carbocycles. The molecule has 1 atom stereocenters. The van der Waals surface area contributed by atoms with Crippen LogP contribution in [-0.4, -0.2) is 16.8 Å². The SMILES string of the molecule is NC(c1ccc(OS(N)(=O)=O)cc1)S(N)(=O)=O. The van der Waals surface area contributed by atoms with Crippen molar-refractivity contribution in [2.75, 3.05) is 0 Å². The second kappa shape index (κ2) is 4.58. The van der Waals surface area contributed by atoms with E-state index in [4.69, 9.17) is 10.9 Å². The summed E-state index contributed by atoms with van der Waals surface area (Å²) in [5, 5.41) is 8.11. The molecule has 1 aromatic carbocycles.